The average Bonchev–Trinajstić information content (AvgIpc) is 2.43. The summed E-state index contributed by atoms with van der Waals surface area (Å²) in [6.07, 6.45) is 0. The Morgan fingerprint density at radius 2 is 2.05 bits per heavy atom. The van der Waals surface area contributed by atoms with Gasteiger partial charge in [0.15, 0.2) is 0 Å². The minimum Gasteiger partial charge on any atom is -0.398 e. The van der Waals surface area contributed by atoms with E-state index in [1.54, 1.807) is 12.1 Å². The molecule has 2 rings (SSSR count). The second-order valence-electron chi connectivity index (χ2n) is 4.00. The molecular formula is C14H9BrFN3O. The van der Waals surface area contributed by atoms with Gasteiger partial charge in [0.1, 0.15) is 5.82 Å². The molecule has 100 valence electrons. The lowest BCUT2D eigenvalue weighted by molar-refractivity contribution is 0.102. The van der Waals surface area contributed by atoms with Gasteiger partial charge < -0.3 is 11.1 Å². The van der Waals surface area contributed by atoms with E-state index in [1.807, 2.05) is 6.07 Å². The van der Waals surface area contributed by atoms with Crippen LogP contribution in [0, 0.1) is 17.1 Å². The van der Waals surface area contributed by atoms with Crippen molar-refractivity contribution < 1.29 is 9.18 Å². The number of nitrogens with two attached hydrogens (primary N) is 1. The molecule has 0 bridgehead atoms. The third kappa shape index (κ3) is 2.95. The number of nitrogens with one attached hydrogen (secondary N) is 1. The monoisotopic (exact) mass is 333 g/mol. The van der Waals surface area contributed by atoms with Crippen LogP contribution < -0.4 is 11.1 Å². The van der Waals surface area contributed by atoms with Gasteiger partial charge in [-0.1, -0.05) is 0 Å². The van der Waals surface area contributed by atoms with Crippen molar-refractivity contribution >= 4 is 33.2 Å². The van der Waals surface area contributed by atoms with E-state index in [0.29, 0.717) is 15.7 Å². The Hall–Kier alpha value is -2.39. The molecule has 0 saturated heterocycles. The molecule has 0 fully saturated rings. The second-order valence-corrected chi connectivity index (χ2v) is 4.85. The molecule has 0 radical (unpaired) electrons. The Kier molecular flexibility index (Phi) is 4.01. The maximum Gasteiger partial charge on any atom is 0.255 e. The first-order valence-electron chi connectivity index (χ1n) is 5.57. The molecule has 4 nitrogen and oxygen atoms in total. The lowest BCUT2D eigenvalue weighted by atomic mass is 10.1. The summed E-state index contributed by atoms with van der Waals surface area (Å²) in [6.45, 7) is 0. The molecule has 6 heteroatoms. The van der Waals surface area contributed by atoms with E-state index < -0.39 is 11.7 Å². The molecule has 0 aliphatic rings. The highest BCUT2D eigenvalue weighted by Crippen LogP contribution is 2.21. The third-order valence-corrected chi connectivity index (χ3v) is 3.33. The van der Waals surface area contributed by atoms with Gasteiger partial charge in [-0.05, 0) is 52.3 Å². The number of hydrogen-bond donors (Lipinski definition) is 2. The van der Waals surface area contributed by atoms with Crippen LogP contribution in [-0.4, -0.2) is 5.91 Å². The molecule has 0 heterocycles. The maximum atomic E-state index is 13.7. The molecule has 0 aromatic heterocycles. The van der Waals surface area contributed by atoms with Crippen molar-refractivity contribution in [3.63, 3.8) is 0 Å². The topological polar surface area (TPSA) is 78.9 Å². The maximum absolute atomic E-state index is 13.7. The van der Waals surface area contributed by atoms with Gasteiger partial charge in [0.25, 0.3) is 5.91 Å². The molecular weight excluding hydrogens is 325 g/mol. The Morgan fingerprint density at radius 1 is 1.30 bits per heavy atom. The van der Waals surface area contributed by atoms with E-state index in [9.17, 15) is 9.18 Å². The number of carbonyl (C=O) groups is 1. The first-order valence-corrected chi connectivity index (χ1v) is 6.36. The number of nitrogen functional groups attached to an aromatic ring is 1. The first-order chi connectivity index (χ1) is 9.51. The number of nitriles is 1. The molecule has 0 aliphatic heterocycles. The largest absolute Gasteiger partial charge is 0.398 e. The van der Waals surface area contributed by atoms with Crippen molar-refractivity contribution in [1.82, 2.24) is 0 Å². The van der Waals surface area contributed by atoms with Crippen LogP contribution in [0.1, 0.15) is 15.9 Å². The van der Waals surface area contributed by atoms with Crippen molar-refractivity contribution in [2.75, 3.05) is 11.1 Å². The zero-order valence-corrected chi connectivity index (χ0v) is 11.7. The van der Waals surface area contributed by atoms with Crippen LogP contribution in [0.15, 0.2) is 40.9 Å². The number of anilines is 2. The lowest BCUT2D eigenvalue weighted by Crippen LogP contribution is -2.13. The van der Waals surface area contributed by atoms with Crippen molar-refractivity contribution in [1.29, 1.82) is 5.26 Å². The second kappa shape index (κ2) is 5.72. The van der Waals surface area contributed by atoms with Gasteiger partial charge in [0, 0.05) is 15.7 Å². The van der Waals surface area contributed by atoms with Crippen LogP contribution in [0.25, 0.3) is 0 Å². The number of benzene rings is 2. The van der Waals surface area contributed by atoms with Crippen LogP contribution in [0.4, 0.5) is 15.8 Å². The lowest BCUT2D eigenvalue weighted by Gasteiger charge is -2.07. The normalized spacial score (nSPS) is 9.85. The minimum absolute atomic E-state index is 0.00971. The van der Waals surface area contributed by atoms with E-state index in [2.05, 4.69) is 21.2 Å². The Balaban J connectivity index is 2.23. The highest BCUT2D eigenvalue weighted by atomic mass is 79.9. The highest BCUT2D eigenvalue weighted by Gasteiger charge is 2.11. The number of hydrogen-bond acceptors (Lipinski definition) is 3. The quantitative estimate of drug-likeness (QED) is 0.827. The molecule has 0 atom stereocenters. The summed E-state index contributed by atoms with van der Waals surface area (Å²) in [6, 6.07) is 10.3. The summed E-state index contributed by atoms with van der Waals surface area (Å²) in [4.78, 5) is 12.0. The molecule has 2 aromatic rings. The molecule has 0 saturated carbocycles. The number of halogens is 2. The van der Waals surface area contributed by atoms with Gasteiger partial charge in [-0.25, -0.2) is 4.39 Å². The minimum atomic E-state index is -0.664. The number of carbonyl (C=O) groups excluding carboxylic acids is 1. The zero-order chi connectivity index (χ0) is 14.7. The number of nitrogens with zero attached hydrogens (tertiary/aromatic N) is 1. The van der Waals surface area contributed by atoms with Crippen LogP contribution in [-0.2, 0) is 0 Å². The number of rotatable bonds is 2. The van der Waals surface area contributed by atoms with E-state index in [-0.39, 0.29) is 11.3 Å². The van der Waals surface area contributed by atoms with Crippen molar-refractivity contribution in [3.05, 3.63) is 57.8 Å². The molecule has 2 aromatic carbocycles. The van der Waals surface area contributed by atoms with Crippen molar-refractivity contribution in [2.24, 2.45) is 0 Å². The summed E-state index contributed by atoms with van der Waals surface area (Å²) in [5.74, 6) is -1.14. The van der Waals surface area contributed by atoms with Gasteiger partial charge in [0.2, 0.25) is 0 Å². The van der Waals surface area contributed by atoms with Gasteiger partial charge in [-0.2, -0.15) is 5.26 Å². The molecule has 0 unspecified atom stereocenters. The van der Waals surface area contributed by atoms with Crippen LogP contribution >= 0.6 is 15.9 Å². The van der Waals surface area contributed by atoms with Crippen LogP contribution in [0.2, 0.25) is 0 Å². The summed E-state index contributed by atoms with van der Waals surface area (Å²) in [5.41, 5.74) is 6.61. The van der Waals surface area contributed by atoms with Crippen molar-refractivity contribution in [2.45, 2.75) is 0 Å². The molecule has 0 aliphatic carbocycles. The van der Waals surface area contributed by atoms with Gasteiger partial charge in [-0.3, -0.25) is 4.79 Å². The van der Waals surface area contributed by atoms with Gasteiger partial charge in [-0.15, -0.1) is 0 Å². The fraction of sp³-hybridized carbons (Fsp3) is 0. The van der Waals surface area contributed by atoms with E-state index in [4.69, 9.17) is 11.0 Å². The molecule has 3 N–H and O–H groups in total. The van der Waals surface area contributed by atoms with E-state index in [1.165, 1.54) is 18.2 Å². The smallest absolute Gasteiger partial charge is 0.255 e. The van der Waals surface area contributed by atoms with E-state index >= 15 is 0 Å². The third-order valence-electron chi connectivity index (χ3n) is 2.60. The Bertz CT molecular complexity index is 725. The fourth-order valence-corrected chi connectivity index (χ4v) is 1.81. The Labute approximate surface area is 123 Å². The van der Waals surface area contributed by atoms with Gasteiger partial charge >= 0.3 is 0 Å². The van der Waals surface area contributed by atoms with Crippen LogP contribution in [0.5, 0.6) is 0 Å². The van der Waals surface area contributed by atoms with Crippen LogP contribution in [0.3, 0.4) is 0 Å². The molecule has 1 amide bonds. The Morgan fingerprint density at radius 3 is 2.65 bits per heavy atom. The predicted molar refractivity (Wildman–Crippen MR) is 77.6 cm³/mol. The number of amides is 1. The SMILES string of the molecule is N#Cc1ccc(NC(=O)c2ccc(Br)c(N)c2)c(F)c1. The first kappa shape index (κ1) is 14.0. The molecule has 20 heavy (non-hydrogen) atoms. The van der Waals surface area contributed by atoms with Gasteiger partial charge in [0.05, 0.1) is 17.3 Å². The summed E-state index contributed by atoms with van der Waals surface area (Å²) >= 11 is 3.23. The van der Waals surface area contributed by atoms with Crippen molar-refractivity contribution in [3.8, 4) is 6.07 Å². The zero-order valence-electron chi connectivity index (χ0n) is 10.2. The fourth-order valence-electron chi connectivity index (χ4n) is 1.57. The average molecular weight is 334 g/mol. The molecule has 0 spiro atoms. The summed E-state index contributed by atoms with van der Waals surface area (Å²) < 4.78 is 14.3. The summed E-state index contributed by atoms with van der Waals surface area (Å²) in [5, 5.41) is 11.1. The standard InChI is InChI=1S/C14H9BrFN3O/c15-10-3-2-9(6-12(10)18)14(20)19-13-4-1-8(7-17)5-11(13)16/h1-6H,18H2,(H,19,20). The van der Waals surface area contributed by atoms with E-state index in [0.717, 1.165) is 6.07 Å². The highest BCUT2D eigenvalue weighted by molar-refractivity contribution is 9.10. The summed E-state index contributed by atoms with van der Waals surface area (Å²) in [7, 11) is 0. The predicted octanol–water partition coefficient (Wildman–Crippen LogP) is 3.29.